The third-order valence-corrected chi connectivity index (χ3v) is 18.1. The Kier molecular flexibility index (Phi) is 28.7. The maximum atomic E-state index is 13.2. The fourth-order valence-electron chi connectivity index (χ4n) is 12.8. The lowest BCUT2D eigenvalue weighted by molar-refractivity contribution is -0.395. The number of amides is 4. The first kappa shape index (κ1) is 81.2. The molecule has 43 heteroatoms. The van der Waals surface area contributed by atoms with E-state index in [0.717, 1.165) is 27.7 Å². The molecular formula is C56H94N4O39. The molecule has 99 heavy (non-hydrogen) atoms. The van der Waals surface area contributed by atoms with Crippen LogP contribution in [0.5, 0.6) is 0 Å². The number of nitrogens with one attached hydrogen (secondary N) is 4. The van der Waals surface area contributed by atoms with Crippen molar-refractivity contribution in [3.8, 4) is 0 Å². The van der Waals surface area contributed by atoms with Crippen molar-refractivity contribution < 1.29 is 192 Å². The molecule has 0 aliphatic carbocycles. The lowest BCUT2D eigenvalue weighted by Crippen LogP contribution is -2.71. The predicted octanol–water partition coefficient (Wildman–Crippen LogP) is -15.8. The number of aliphatic hydroxyl groups excluding tert-OH is 20. The van der Waals surface area contributed by atoms with E-state index >= 15 is 0 Å². The summed E-state index contributed by atoms with van der Waals surface area (Å²) in [6.07, 6.45) is -69.7. The smallest absolute Gasteiger partial charge is 0.217 e. The van der Waals surface area contributed by atoms with Crippen molar-refractivity contribution in [2.24, 2.45) is 0 Å². The Morgan fingerprint density at radius 3 is 1.17 bits per heavy atom. The van der Waals surface area contributed by atoms with Gasteiger partial charge in [0.2, 0.25) is 23.6 Å². The van der Waals surface area contributed by atoms with E-state index in [-0.39, 0.29) is 0 Å². The fraction of sp³-hybridized carbons (Fsp3) is 0.929. The second-order valence-corrected chi connectivity index (χ2v) is 25.4. The first-order chi connectivity index (χ1) is 46.7. The zero-order chi connectivity index (χ0) is 73.1. The lowest BCUT2D eigenvalue weighted by atomic mass is 9.93. The highest BCUT2D eigenvalue weighted by atomic mass is 16.8. The molecule has 8 fully saturated rings. The summed E-state index contributed by atoms with van der Waals surface area (Å²) in [5.41, 5.74) is 0. The molecule has 1 unspecified atom stereocenters. The summed E-state index contributed by atoms with van der Waals surface area (Å²) in [5.74, 6) is -3.40. The maximum Gasteiger partial charge on any atom is 0.217 e. The Hall–Kier alpha value is -3.52. The van der Waals surface area contributed by atoms with Gasteiger partial charge in [-0.1, -0.05) is 0 Å². The third-order valence-electron chi connectivity index (χ3n) is 18.1. The van der Waals surface area contributed by atoms with Gasteiger partial charge in [-0.05, 0) is 13.8 Å². The van der Waals surface area contributed by atoms with Gasteiger partial charge in [0.25, 0.3) is 0 Å². The predicted molar refractivity (Wildman–Crippen MR) is 308 cm³/mol. The highest BCUT2D eigenvalue weighted by Crippen LogP contribution is 2.39. The first-order valence-electron chi connectivity index (χ1n) is 31.8. The summed E-state index contributed by atoms with van der Waals surface area (Å²) in [6.45, 7) is 0.626. The summed E-state index contributed by atoms with van der Waals surface area (Å²) in [6, 6.07) is -7.05. The van der Waals surface area contributed by atoms with Crippen LogP contribution in [0.2, 0.25) is 0 Å². The molecular weight excluding hydrogens is 1350 g/mol. The van der Waals surface area contributed by atoms with Crippen LogP contribution < -0.4 is 21.3 Å². The first-order valence-corrected chi connectivity index (χ1v) is 31.8. The maximum absolute atomic E-state index is 13.2. The molecule has 40 atom stereocenters. The van der Waals surface area contributed by atoms with Crippen LogP contribution in [0.1, 0.15) is 41.5 Å². The zero-order valence-corrected chi connectivity index (χ0v) is 54.0. The monoisotopic (exact) mass is 1450 g/mol. The third kappa shape index (κ3) is 18.2. The Bertz CT molecular complexity index is 2600. The zero-order valence-electron chi connectivity index (χ0n) is 54.0. The van der Waals surface area contributed by atoms with Crippen molar-refractivity contribution in [1.82, 2.24) is 21.3 Å². The largest absolute Gasteiger partial charge is 0.394 e. The molecule has 8 heterocycles. The van der Waals surface area contributed by atoms with Gasteiger partial charge in [0.05, 0.1) is 51.8 Å². The van der Waals surface area contributed by atoms with Crippen LogP contribution in [0.4, 0.5) is 0 Å². The van der Waals surface area contributed by atoms with Crippen LogP contribution in [-0.4, -0.2) is 411 Å². The molecule has 0 bridgehead atoms. The summed E-state index contributed by atoms with van der Waals surface area (Å²) in [7, 11) is 0. The number of carbonyl (C=O) groups excluding carboxylic acids is 4. The van der Waals surface area contributed by atoms with Gasteiger partial charge in [-0.3, -0.25) is 19.2 Å². The molecule has 0 aromatic carbocycles. The molecule has 4 amide bonds. The quantitative estimate of drug-likeness (QED) is 0.0427. The van der Waals surface area contributed by atoms with E-state index in [2.05, 4.69) is 21.3 Å². The van der Waals surface area contributed by atoms with Crippen LogP contribution in [0.3, 0.4) is 0 Å². The Morgan fingerprint density at radius 2 is 0.646 bits per heavy atom. The molecule has 8 aliphatic rings. The van der Waals surface area contributed by atoms with Crippen molar-refractivity contribution >= 4 is 23.6 Å². The van der Waals surface area contributed by atoms with E-state index < -0.39 is 309 Å². The van der Waals surface area contributed by atoms with Crippen LogP contribution in [0, 0.1) is 0 Å². The number of hydrogen-bond donors (Lipinski definition) is 24. The van der Waals surface area contributed by atoms with Crippen molar-refractivity contribution in [1.29, 1.82) is 0 Å². The molecule has 0 saturated carbocycles. The molecule has 572 valence electrons. The number of ether oxygens (including phenoxy) is 15. The van der Waals surface area contributed by atoms with Crippen LogP contribution >= 0.6 is 0 Å². The summed E-state index contributed by atoms with van der Waals surface area (Å²) < 4.78 is 89.4. The van der Waals surface area contributed by atoms with E-state index in [0.29, 0.717) is 0 Å². The van der Waals surface area contributed by atoms with E-state index in [9.17, 15) is 121 Å². The average molecular weight is 1450 g/mol. The molecule has 8 rings (SSSR count). The molecule has 24 N–H and O–H groups in total. The standard InChI is InChI=1S/C56H94N4O39/c1-13-29(69)38(78)41(81)53(87-13)86-12-24-45(46(28(49(84)89-24)60-18(6)68)97-54-42(82)39(79)30(70)14(2)88-54)96-52-27(59-17(5)67)37(77)44(22(10-64)93-52)95-55-43(83)47(34(74)21(9-63)92-55)98-56-48(99-51-26(58-16(4)66)36(76)32(72)20(8-62)91-51)40(80)33(73)23(94-56)11-85-50-25(57-15(3)65)35(75)31(71)19(7-61)90-50/h13-14,19-56,61-64,69-84H,7-12H2,1-6H3,(H,57,65)(H,58,66)(H,59,67)(H,60,68)/t13-,14-,19+,20+,21+,22+,23+,24+,25+,26+,27+,28+,29+,30+,31+,32+,33+,34+,35+,36+,37+,38+,39+,40-,41-,42-,43-,44+,45+,46+,47-,48-,49?,50+,51-,52-,53+,54-,55-,56+/m0/s1. The SMILES string of the molecule is CC(=O)N[C@H]1[C@H](O[C@H]2[C@H](O[C@@H]3O[C@@H](C)[C@@H](O)[C@@H](O)[C@@H]3O)[C@@H](NC(C)=O)C(O)O[C@@H]2CO[C@@H]2O[C@@H](C)[C@@H](O)[C@@H](O)[C@@H]2O)O[C@H](CO)[C@@H](O[C@@H]2O[C@H](CO)[C@@H](O)[C@H](O[C@H]3O[C@H](CO[C@@H]4O[C@H](CO)[C@@H](O)[C@H](O)[C@H]4NC(C)=O)[C@@H](O)[C@H](O)[C@@H]3O[C@@H]3O[C@H](CO)[C@@H](O)[C@H](O)[C@H]3NC(C)=O)[C@@H]2O)[C@@H]1O. The second-order valence-electron chi connectivity index (χ2n) is 25.4. The van der Waals surface area contributed by atoms with Crippen molar-refractivity contribution in [2.75, 3.05) is 39.6 Å². The topological polar surface area (TPSA) is 659 Å². The van der Waals surface area contributed by atoms with Gasteiger partial charge in [-0.25, -0.2) is 0 Å². The molecule has 8 aliphatic heterocycles. The van der Waals surface area contributed by atoms with Gasteiger partial charge in [0.15, 0.2) is 50.3 Å². The van der Waals surface area contributed by atoms with Crippen molar-refractivity contribution in [2.45, 2.75) is 287 Å². The Labute approximate surface area is 562 Å². The summed E-state index contributed by atoms with van der Waals surface area (Å²) >= 11 is 0. The van der Waals surface area contributed by atoms with Gasteiger partial charge in [0, 0.05) is 27.7 Å². The fourth-order valence-corrected chi connectivity index (χ4v) is 12.8. The van der Waals surface area contributed by atoms with Gasteiger partial charge in [0.1, 0.15) is 183 Å². The average Bonchev–Trinajstić information content (AvgIpc) is 0.775. The van der Waals surface area contributed by atoms with Gasteiger partial charge in [-0.2, -0.15) is 0 Å². The lowest BCUT2D eigenvalue weighted by Gasteiger charge is -2.51. The van der Waals surface area contributed by atoms with Gasteiger partial charge < -0.3 is 194 Å². The normalized spacial score (nSPS) is 49.1. The van der Waals surface area contributed by atoms with Crippen molar-refractivity contribution in [3.05, 3.63) is 0 Å². The Balaban J connectivity index is 1.11. The van der Waals surface area contributed by atoms with Gasteiger partial charge in [-0.15, -0.1) is 0 Å². The summed E-state index contributed by atoms with van der Waals surface area (Å²) in [4.78, 5) is 50.7. The molecule has 0 aromatic rings. The van der Waals surface area contributed by atoms with Crippen molar-refractivity contribution in [3.63, 3.8) is 0 Å². The molecule has 0 radical (unpaired) electrons. The minimum atomic E-state index is -2.43. The van der Waals surface area contributed by atoms with E-state index in [4.69, 9.17) is 71.1 Å². The number of hydrogen-bond acceptors (Lipinski definition) is 39. The number of carbonyl (C=O) groups is 4. The second kappa shape index (κ2) is 35.0. The van der Waals surface area contributed by atoms with E-state index in [1.165, 1.54) is 13.8 Å². The number of rotatable bonds is 24. The molecule has 0 aromatic heterocycles. The van der Waals surface area contributed by atoms with Crippen LogP contribution in [0.15, 0.2) is 0 Å². The highest BCUT2D eigenvalue weighted by molar-refractivity contribution is 5.74. The Morgan fingerprint density at radius 1 is 0.283 bits per heavy atom. The van der Waals surface area contributed by atoms with Crippen LogP contribution in [0.25, 0.3) is 0 Å². The molecule has 0 spiro atoms. The van der Waals surface area contributed by atoms with Gasteiger partial charge >= 0.3 is 0 Å². The molecule has 43 nitrogen and oxygen atoms in total. The van der Waals surface area contributed by atoms with Crippen LogP contribution in [-0.2, 0) is 90.2 Å². The van der Waals surface area contributed by atoms with E-state index in [1.54, 1.807) is 0 Å². The minimum Gasteiger partial charge on any atom is -0.394 e. The highest BCUT2D eigenvalue weighted by Gasteiger charge is 2.60. The minimum absolute atomic E-state index is 0.764. The van der Waals surface area contributed by atoms with E-state index in [1.807, 2.05) is 0 Å². The summed E-state index contributed by atoms with van der Waals surface area (Å²) in [5, 5.41) is 231. The molecule has 8 saturated heterocycles. The number of aliphatic hydroxyl groups is 20.